The van der Waals surface area contributed by atoms with Gasteiger partial charge in [0, 0.05) is 5.56 Å². The van der Waals surface area contributed by atoms with Crippen LogP contribution >= 0.6 is 0 Å². The van der Waals surface area contributed by atoms with Crippen molar-refractivity contribution in [3.63, 3.8) is 0 Å². The van der Waals surface area contributed by atoms with Gasteiger partial charge in [-0.1, -0.05) is 36.4 Å². The second-order valence-corrected chi connectivity index (χ2v) is 4.46. The van der Waals surface area contributed by atoms with E-state index in [4.69, 9.17) is 14.2 Å². The van der Waals surface area contributed by atoms with Crippen molar-refractivity contribution < 1.29 is 19.0 Å². The fourth-order valence-electron chi connectivity index (χ4n) is 2.00. The van der Waals surface area contributed by atoms with Gasteiger partial charge >= 0.3 is 5.97 Å². The lowest BCUT2D eigenvalue weighted by Gasteiger charge is -2.14. The Kier molecular flexibility index (Phi) is 5.21. The lowest BCUT2D eigenvalue weighted by molar-refractivity contribution is -0.139. The molecule has 0 aromatic heterocycles. The molecule has 0 atom stereocenters. The molecule has 4 nitrogen and oxygen atoms in total. The van der Waals surface area contributed by atoms with Gasteiger partial charge in [0.15, 0.2) is 0 Å². The summed E-state index contributed by atoms with van der Waals surface area (Å²) in [4.78, 5) is 11.5. The third kappa shape index (κ3) is 3.99. The maximum atomic E-state index is 11.5. The monoisotopic (exact) mass is 286 g/mol. The number of carbonyl (C=O) groups is 1. The lowest BCUT2D eigenvalue weighted by Crippen LogP contribution is -2.08. The highest BCUT2D eigenvalue weighted by atomic mass is 16.5. The van der Waals surface area contributed by atoms with E-state index >= 15 is 0 Å². The Labute approximate surface area is 124 Å². The maximum Gasteiger partial charge on any atom is 0.310 e. The fourth-order valence-corrected chi connectivity index (χ4v) is 2.00. The minimum atomic E-state index is -0.330. The maximum absolute atomic E-state index is 11.5. The molecular weight excluding hydrogens is 268 g/mol. The first-order valence-corrected chi connectivity index (χ1v) is 6.64. The number of carbonyl (C=O) groups excluding carboxylic acids is 1. The number of methoxy groups -OCH3 is 2. The highest BCUT2D eigenvalue weighted by molar-refractivity contribution is 5.74. The second-order valence-electron chi connectivity index (χ2n) is 4.46. The third-order valence-corrected chi connectivity index (χ3v) is 3.10. The predicted octanol–water partition coefficient (Wildman–Crippen LogP) is 2.99. The van der Waals surface area contributed by atoms with Gasteiger partial charge in [-0.3, -0.25) is 4.79 Å². The summed E-state index contributed by atoms with van der Waals surface area (Å²) in [7, 11) is 2.93. The van der Waals surface area contributed by atoms with E-state index in [2.05, 4.69) is 0 Å². The van der Waals surface area contributed by atoms with Crippen LogP contribution in [0.1, 0.15) is 11.1 Å². The van der Waals surface area contributed by atoms with Crippen LogP contribution < -0.4 is 9.47 Å². The van der Waals surface area contributed by atoms with Crippen molar-refractivity contribution >= 4 is 5.97 Å². The summed E-state index contributed by atoms with van der Waals surface area (Å²) in [5.41, 5.74) is 1.76. The molecule has 0 bridgehead atoms. The van der Waals surface area contributed by atoms with E-state index in [9.17, 15) is 4.79 Å². The first-order valence-electron chi connectivity index (χ1n) is 6.64. The number of hydrogen-bond donors (Lipinski definition) is 0. The first-order chi connectivity index (χ1) is 10.2. The minimum Gasteiger partial charge on any atom is -0.496 e. The summed E-state index contributed by atoms with van der Waals surface area (Å²) in [6, 6.07) is 15.3. The molecule has 110 valence electrons. The van der Waals surface area contributed by atoms with Gasteiger partial charge in [0.05, 0.1) is 20.6 Å². The number of benzene rings is 2. The van der Waals surface area contributed by atoms with E-state index in [-0.39, 0.29) is 12.4 Å². The Morgan fingerprint density at radius 1 is 0.952 bits per heavy atom. The Morgan fingerprint density at radius 3 is 2.33 bits per heavy atom. The average Bonchev–Trinajstić information content (AvgIpc) is 2.54. The van der Waals surface area contributed by atoms with Crippen molar-refractivity contribution in [1.82, 2.24) is 0 Å². The van der Waals surface area contributed by atoms with Gasteiger partial charge in [-0.15, -0.1) is 0 Å². The van der Waals surface area contributed by atoms with E-state index in [1.165, 1.54) is 7.11 Å². The lowest BCUT2D eigenvalue weighted by atomic mass is 10.1. The van der Waals surface area contributed by atoms with E-state index in [0.717, 1.165) is 5.56 Å². The molecular formula is C17H18O4. The molecule has 2 rings (SSSR count). The normalized spacial score (nSPS) is 10.0. The van der Waals surface area contributed by atoms with Crippen molar-refractivity contribution in [2.24, 2.45) is 0 Å². The molecule has 0 spiro atoms. The number of rotatable bonds is 6. The van der Waals surface area contributed by atoms with Crippen molar-refractivity contribution in [3.05, 3.63) is 59.7 Å². The SMILES string of the molecule is COC(=O)Cc1c(OC)cccc1OCc1ccccc1. The molecule has 0 aliphatic rings. The third-order valence-electron chi connectivity index (χ3n) is 3.10. The fraction of sp³-hybridized carbons (Fsp3) is 0.235. The first kappa shape index (κ1) is 14.9. The highest BCUT2D eigenvalue weighted by Crippen LogP contribution is 2.29. The van der Waals surface area contributed by atoms with Gasteiger partial charge in [-0.05, 0) is 17.7 Å². The number of esters is 1. The Bertz CT molecular complexity index is 593. The zero-order valence-electron chi connectivity index (χ0n) is 12.2. The molecule has 0 N–H and O–H groups in total. The van der Waals surface area contributed by atoms with E-state index in [0.29, 0.717) is 23.7 Å². The molecule has 0 unspecified atom stereocenters. The molecule has 0 heterocycles. The van der Waals surface area contributed by atoms with Crippen LogP contribution in [0.5, 0.6) is 11.5 Å². The topological polar surface area (TPSA) is 44.8 Å². The number of ether oxygens (including phenoxy) is 3. The summed E-state index contributed by atoms with van der Waals surface area (Å²) in [5, 5.41) is 0. The molecule has 0 saturated heterocycles. The average molecular weight is 286 g/mol. The van der Waals surface area contributed by atoms with E-state index in [1.54, 1.807) is 13.2 Å². The van der Waals surface area contributed by atoms with Crippen LogP contribution in [0.15, 0.2) is 48.5 Å². The van der Waals surface area contributed by atoms with Crippen LogP contribution in [0.2, 0.25) is 0 Å². The summed E-state index contributed by atoms with van der Waals surface area (Å²) >= 11 is 0. The molecule has 0 radical (unpaired) electrons. The minimum absolute atomic E-state index is 0.116. The second kappa shape index (κ2) is 7.33. The molecule has 0 fully saturated rings. The van der Waals surface area contributed by atoms with Crippen molar-refractivity contribution in [1.29, 1.82) is 0 Å². The van der Waals surface area contributed by atoms with Gasteiger partial charge in [-0.25, -0.2) is 0 Å². The van der Waals surface area contributed by atoms with Crippen LogP contribution in [0, 0.1) is 0 Å². The summed E-state index contributed by atoms with van der Waals surface area (Å²) in [6.07, 6.45) is 0.116. The molecule has 0 aliphatic heterocycles. The summed E-state index contributed by atoms with van der Waals surface area (Å²) in [5.74, 6) is 0.915. The molecule has 0 amide bonds. The van der Waals surface area contributed by atoms with Crippen LogP contribution in [0.25, 0.3) is 0 Å². The van der Waals surface area contributed by atoms with Crippen molar-refractivity contribution in [3.8, 4) is 11.5 Å². The highest BCUT2D eigenvalue weighted by Gasteiger charge is 2.15. The number of hydrogen-bond acceptors (Lipinski definition) is 4. The molecule has 4 heteroatoms. The Hall–Kier alpha value is -2.49. The Morgan fingerprint density at radius 2 is 1.67 bits per heavy atom. The van der Waals surface area contributed by atoms with Crippen LogP contribution in [-0.2, 0) is 22.6 Å². The summed E-state index contributed by atoms with van der Waals surface area (Å²) < 4.78 is 15.8. The standard InChI is InChI=1S/C17H18O4/c1-19-15-9-6-10-16(14(15)11-17(18)20-2)21-12-13-7-4-3-5-8-13/h3-10H,11-12H2,1-2H3. The molecule has 2 aromatic rings. The smallest absolute Gasteiger partial charge is 0.310 e. The van der Waals surface area contributed by atoms with Crippen LogP contribution in [0.4, 0.5) is 0 Å². The zero-order chi connectivity index (χ0) is 15.1. The molecule has 0 aliphatic carbocycles. The van der Waals surface area contributed by atoms with Crippen molar-refractivity contribution in [2.75, 3.05) is 14.2 Å². The van der Waals surface area contributed by atoms with Crippen LogP contribution in [-0.4, -0.2) is 20.2 Å². The quantitative estimate of drug-likeness (QED) is 0.766. The van der Waals surface area contributed by atoms with Gasteiger partial charge in [0.1, 0.15) is 18.1 Å². The van der Waals surface area contributed by atoms with E-state index in [1.807, 2.05) is 42.5 Å². The predicted molar refractivity (Wildman–Crippen MR) is 79.5 cm³/mol. The molecule has 21 heavy (non-hydrogen) atoms. The van der Waals surface area contributed by atoms with Gasteiger partial charge in [0.2, 0.25) is 0 Å². The van der Waals surface area contributed by atoms with Gasteiger partial charge < -0.3 is 14.2 Å². The molecule has 2 aromatic carbocycles. The van der Waals surface area contributed by atoms with E-state index < -0.39 is 0 Å². The Balaban J connectivity index is 2.19. The van der Waals surface area contributed by atoms with Crippen molar-refractivity contribution in [2.45, 2.75) is 13.0 Å². The zero-order valence-corrected chi connectivity index (χ0v) is 12.2. The summed E-state index contributed by atoms with van der Waals surface area (Å²) in [6.45, 7) is 0.433. The molecule has 0 saturated carbocycles. The van der Waals surface area contributed by atoms with Gasteiger partial charge in [0.25, 0.3) is 0 Å². The largest absolute Gasteiger partial charge is 0.496 e. The van der Waals surface area contributed by atoms with Gasteiger partial charge in [-0.2, -0.15) is 0 Å². The van der Waals surface area contributed by atoms with Crippen LogP contribution in [0.3, 0.4) is 0 Å².